The van der Waals surface area contributed by atoms with Crippen molar-refractivity contribution in [1.29, 1.82) is 0 Å². The quantitative estimate of drug-likeness (QED) is 0.607. The summed E-state index contributed by atoms with van der Waals surface area (Å²) in [7, 11) is 1.50. The SMILES string of the molecule is Cn1c(C(=O)NC(C)(CN)C2CC2)ccc1[N+](=O)[O-]. The van der Waals surface area contributed by atoms with E-state index in [2.05, 4.69) is 5.32 Å². The van der Waals surface area contributed by atoms with E-state index in [0.717, 1.165) is 12.8 Å². The van der Waals surface area contributed by atoms with Crippen molar-refractivity contribution in [2.75, 3.05) is 6.54 Å². The first-order chi connectivity index (χ1) is 8.89. The highest BCUT2D eigenvalue weighted by molar-refractivity contribution is 5.93. The summed E-state index contributed by atoms with van der Waals surface area (Å²) < 4.78 is 1.28. The smallest absolute Gasteiger partial charge is 0.323 e. The van der Waals surface area contributed by atoms with Crippen LogP contribution in [0.15, 0.2) is 12.1 Å². The maximum Gasteiger partial charge on any atom is 0.323 e. The molecule has 0 aromatic carbocycles. The lowest BCUT2D eigenvalue weighted by Crippen LogP contribution is -2.53. The molecule has 3 N–H and O–H groups in total. The summed E-state index contributed by atoms with van der Waals surface area (Å²) in [5.41, 5.74) is 5.57. The predicted molar refractivity (Wildman–Crippen MR) is 69.7 cm³/mol. The lowest BCUT2D eigenvalue weighted by atomic mass is 9.96. The van der Waals surface area contributed by atoms with Crippen LogP contribution in [0.4, 0.5) is 5.82 Å². The first-order valence-electron chi connectivity index (χ1n) is 6.21. The molecule has 104 valence electrons. The molecule has 7 nitrogen and oxygen atoms in total. The molecule has 0 bridgehead atoms. The molecule has 1 saturated carbocycles. The van der Waals surface area contributed by atoms with Crippen molar-refractivity contribution in [2.24, 2.45) is 18.7 Å². The number of nitrogens with one attached hydrogen (secondary N) is 1. The molecule has 1 aromatic rings. The van der Waals surface area contributed by atoms with Crippen LogP contribution in [0, 0.1) is 16.0 Å². The molecule has 0 radical (unpaired) electrons. The average Bonchev–Trinajstić information content (AvgIpc) is 3.12. The molecule has 7 heteroatoms. The van der Waals surface area contributed by atoms with Gasteiger partial charge in [-0.15, -0.1) is 0 Å². The van der Waals surface area contributed by atoms with E-state index in [1.54, 1.807) is 0 Å². The molecule has 0 spiro atoms. The van der Waals surface area contributed by atoms with Crippen LogP contribution in [0.2, 0.25) is 0 Å². The zero-order chi connectivity index (χ0) is 14.2. The molecule has 2 rings (SSSR count). The largest absolute Gasteiger partial charge is 0.358 e. The van der Waals surface area contributed by atoms with Gasteiger partial charge in [-0.05, 0) is 36.7 Å². The van der Waals surface area contributed by atoms with Crippen LogP contribution in [0.3, 0.4) is 0 Å². The zero-order valence-corrected chi connectivity index (χ0v) is 11.0. The van der Waals surface area contributed by atoms with Gasteiger partial charge in [0, 0.05) is 12.6 Å². The van der Waals surface area contributed by atoms with Gasteiger partial charge in [-0.1, -0.05) is 0 Å². The number of nitrogens with two attached hydrogens (primary N) is 1. The molecule has 1 heterocycles. The Kier molecular flexibility index (Phi) is 3.32. The average molecular weight is 266 g/mol. The van der Waals surface area contributed by atoms with Gasteiger partial charge in [0.25, 0.3) is 5.91 Å². The van der Waals surface area contributed by atoms with Gasteiger partial charge in [-0.2, -0.15) is 0 Å². The fourth-order valence-corrected chi connectivity index (χ4v) is 2.28. The van der Waals surface area contributed by atoms with Gasteiger partial charge in [0.2, 0.25) is 0 Å². The van der Waals surface area contributed by atoms with Crippen LogP contribution in [-0.4, -0.2) is 27.5 Å². The van der Waals surface area contributed by atoms with Crippen molar-refractivity contribution in [3.8, 4) is 0 Å². The van der Waals surface area contributed by atoms with Crippen molar-refractivity contribution < 1.29 is 9.72 Å². The van der Waals surface area contributed by atoms with Gasteiger partial charge in [0.1, 0.15) is 0 Å². The molecule has 1 aromatic heterocycles. The molecule has 1 aliphatic rings. The van der Waals surface area contributed by atoms with Crippen LogP contribution in [-0.2, 0) is 7.05 Å². The van der Waals surface area contributed by atoms with E-state index in [9.17, 15) is 14.9 Å². The Hall–Kier alpha value is -1.89. The van der Waals surface area contributed by atoms with Gasteiger partial charge in [-0.3, -0.25) is 4.79 Å². The minimum Gasteiger partial charge on any atom is -0.358 e. The standard InChI is InChI=1S/C12H18N4O3/c1-12(7-13,8-3-4-8)14-11(17)9-5-6-10(15(9)2)16(18)19/h5-6,8H,3-4,7,13H2,1-2H3,(H,14,17). The van der Waals surface area contributed by atoms with Crippen LogP contribution < -0.4 is 11.1 Å². The van der Waals surface area contributed by atoms with Gasteiger partial charge in [0.05, 0.1) is 12.6 Å². The first-order valence-corrected chi connectivity index (χ1v) is 6.21. The second kappa shape index (κ2) is 4.65. The van der Waals surface area contributed by atoms with Crippen LogP contribution in [0.25, 0.3) is 0 Å². The number of hydrogen-bond donors (Lipinski definition) is 2. The second-order valence-electron chi connectivity index (χ2n) is 5.24. The maximum absolute atomic E-state index is 12.2. The Morgan fingerprint density at radius 3 is 2.68 bits per heavy atom. The van der Waals surface area contributed by atoms with E-state index in [0.29, 0.717) is 12.5 Å². The van der Waals surface area contributed by atoms with Gasteiger partial charge in [0.15, 0.2) is 5.69 Å². The lowest BCUT2D eigenvalue weighted by molar-refractivity contribution is -0.391. The maximum atomic E-state index is 12.2. The number of amides is 1. The minimum atomic E-state index is -0.514. The predicted octanol–water partition coefficient (Wildman–Crippen LogP) is 0.790. The van der Waals surface area contributed by atoms with E-state index in [4.69, 9.17) is 5.73 Å². The van der Waals surface area contributed by atoms with Crippen molar-refractivity contribution >= 4 is 11.7 Å². The summed E-state index contributed by atoms with van der Waals surface area (Å²) in [6.45, 7) is 2.27. The summed E-state index contributed by atoms with van der Waals surface area (Å²) in [6, 6.07) is 2.78. The Bertz CT molecular complexity index is 521. The molecular weight excluding hydrogens is 248 g/mol. The second-order valence-corrected chi connectivity index (χ2v) is 5.24. The summed E-state index contributed by atoms with van der Waals surface area (Å²) in [6.07, 6.45) is 2.11. The fourth-order valence-electron chi connectivity index (χ4n) is 2.28. The molecule has 19 heavy (non-hydrogen) atoms. The summed E-state index contributed by atoms with van der Waals surface area (Å²) >= 11 is 0. The molecule has 0 aliphatic heterocycles. The van der Waals surface area contributed by atoms with Crippen LogP contribution in [0.1, 0.15) is 30.3 Å². The highest BCUT2D eigenvalue weighted by Crippen LogP contribution is 2.39. The van der Waals surface area contributed by atoms with E-state index < -0.39 is 10.5 Å². The third-order valence-electron chi connectivity index (χ3n) is 3.82. The molecule has 1 unspecified atom stereocenters. The highest BCUT2D eigenvalue weighted by Gasteiger charge is 2.42. The normalized spacial score (nSPS) is 17.8. The van der Waals surface area contributed by atoms with Gasteiger partial charge < -0.3 is 21.2 Å². The van der Waals surface area contributed by atoms with E-state index >= 15 is 0 Å². The Labute approximate surface area is 110 Å². The molecule has 1 atom stereocenters. The van der Waals surface area contributed by atoms with E-state index in [1.165, 1.54) is 23.7 Å². The number of nitro groups is 1. The fraction of sp³-hybridized carbons (Fsp3) is 0.583. The van der Waals surface area contributed by atoms with Crippen molar-refractivity contribution in [3.05, 3.63) is 27.9 Å². The first kappa shape index (κ1) is 13.5. The number of hydrogen-bond acceptors (Lipinski definition) is 4. The van der Waals surface area contributed by atoms with E-state index in [-0.39, 0.29) is 17.4 Å². The van der Waals surface area contributed by atoms with Gasteiger partial charge >= 0.3 is 5.82 Å². The van der Waals surface area contributed by atoms with Gasteiger partial charge in [-0.25, -0.2) is 4.57 Å². The third-order valence-corrected chi connectivity index (χ3v) is 3.82. The van der Waals surface area contributed by atoms with Crippen molar-refractivity contribution in [1.82, 2.24) is 9.88 Å². The lowest BCUT2D eigenvalue weighted by Gasteiger charge is -2.29. The zero-order valence-electron chi connectivity index (χ0n) is 11.0. The summed E-state index contributed by atoms with van der Waals surface area (Å²) in [5, 5.41) is 13.7. The minimum absolute atomic E-state index is 0.106. The van der Waals surface area contributed by atoms with Crippen LogP contribution in [0.5, 0.6) is 0 Å². The number of aromatic nitrogens is 1. The number of carbonyl (C=O) groups is 1. The molecule has 1 aliphatic carbocycles. The Morgan fingerprint density at radius 2 is 2.26 bits per heavy atom. The van der Waals surface area contributed by atoms with Crippen molar-refractivity contribution in [2.45, 2.75) is 25.3 Å². The molecule has 0 saturated heterocycles. The Morgan fingerprint density at radius 1 is 1.63 bits per heavy atom. The number of nitrogens with zero attached hydrogens (tertiary/aromatic N) is 2. The molecule has 1 fully saturated rings. The number of carbonyl (C=O) groups excluding carboxylic acids is 1. The van der Waals surface area contributed by atoms with E-state index in [1.807, 2.05) is 6.92 Å². The highest BCUT2D eigenvalue weighted by atomic mass is 16.6. The third kappa shape index (κ3) is 2.46. The Balaban J connectivity index is 2.18. The topological polar surface area (TPSA) is 103 Å². The van der Waals surface area contributed by atoms with Crippen molar-refractivity contribution in [3.63, 3.8) is 0 Å². The monoisotopic (exact) mass is 266 g/mol. The van der Waals surface area contributed by atoms with Crippen LogP contribution >= 0.6 is 0 Å². The molecular formula is C12H18N4O3. The molecule has 1 amide bonds. The summed E-state index contributed by atoms with van der Waals surface area (Å²) in [4.78, 5) is 22.4. The summed E-state index contributed by atoms with van der Waals surface area (Å²) in [5.74, 6) is -0.0295. The number of rotatable bonds is 5.